The Morgan fingerprint density at radius 3 is 2.44 bits per heavy atom. The molecule has 2 aromatic rings. The molecule has 0 heterocycles. The fourth-order valence-corrected chi connectivity index (χ4v) is 1.81. The van der Waals surface area contributed by atoms with Gasteiger partial charge in [-0.3, -0.25) is 4.79 Å². The molecule has 2 aromatic carbocycles. The van der Waals surface area contributed by atoms with Crippen LogP contribution >= 0.6 is 0 Å². The van der Waals surface area contributed by atoms with Gasteiger partial charge in [0.2, 0.25) is 0 Å². The minimum absolute atomic E-state index is 0.00894. The van der Waals surface area contributed by atoms with Crippen molar-refractivity contribution in [1.82, 2.24) is 0 Å². The molecule has 92 valence electrons. The molecule has 0 amide bonds. The summed E-state index contributed by atoms with van der Waals surface area (Å²) >= 11 is 0. The van der Waals surface area contributed by atoms with E-state index in [0.29, 0.717) is 16.8 Å². The van der Waals surface area contributed by atoms with Gasteiger partial charge in [0, 0.05) is 17.7 Å². The second-order valence-electron chi connectivity index (χ2n) is 4.03. The van der Waals surface area contributed by atoms with Crippen LogP contribution in [0, 0.1) is 0 Å². The Morgan fingerprint density at radius 2 is 1.83 bits per heavy atom. The number of nitrogens with one attached hydrogen (secondary N) is 1. The van der Waals surface area contributed by atoms with Crippen molar-refractivity contribution in [2.24, 2.45) is 0 Å². The lowest BCUT2D eigenvalue weighted by atomic mass is 10.0. The summed E-state index contributed by atoms with van der Waals surface area (Å²) in [5.74, 6) is -0.00894. The van der Waals surface area contributed by atoms with Crippen LogP contribution < -0.4 is 11.1 Å². The van der Waals surface area contributed by atoms with Crippen LogP contribution in [0.2, 0.25) is 0 Å². The van der Waals surface area contributed by atoms with Crippen molar-refractivity contribution in [2.75, 3.05) is 17.6 Å². The Hall–Kier alpha value is -2.29. The largest absolute Gasteiger partial charge is 0.397 e. The van der Waals surface area contributed by atoms with Crippen LogP contribution in [0.1, 0.15) is 22.8 Å². The smallest absolute Gasteiger partial charge is 0.193 e. The van der Waals surface area contributed by atoms with Gasteiger partial charge < -0.3 is 11.1 Å². The van der Waals surface area contributed by atoms with Crippen LogP contribution in [-0.2, 0) is 0 Å². The zero-order valence-corrected chi connectivity index (χ0v) is 10.3. The van der Waals surface area contributed by atoms with Gasteiger partial charge in [0.25, 0.3) is 0 Å². The molecular formula is C15H16N2O. The van der Waals surface area contributed by atoms with E-state index in [4.69, 9.17) is 5.73 Å². The van der Waals surface area contributed by atoms with Crippen LogP contribution in [-0.4, -0.2) is 12.3 Å². The lowest BCUT2D eigenvalue weighted by molar-refractivity contribution is 0.103. The summed E-state index contributed by atoms with van der Waals surface area (Å²) in [6.45, 7) is 2.80. The topological polar surface area (TPSA) is 55.1 Å². The van der Waals surface area contributed by atoms with Gasteiger partial charge in [-0.2, -0.15) is 0 Å². The molecule has 0 fully saturated rings. The number of benzene rings is 2. The summed E-state index contributed by atoms with van der Waals surface area (Å²) in [4.78, 5) is 12.2. The molecule has 3 N–H and O–H groups in total. The van der Waals surface area contributed by atoms with Crippen molar-refractivity contribution in [3.05, 3.63) is 59.7 Å². The molecule has 0 aliphatic heterocycles. The van der Waals surface area contributed by atoms with E-state index >= 15 is 0 Å². The molecule has 0 saturated carbocycles. The first-order valence-electron chi connectivity index (χ1n) is 5.95. The van der Waals surface area contributed by atoms with Crippen molar-refractivity contribution in [3.8, 4) is 0 Å². The molecule has 0 atom stereocenters. The molecule has 18 heavy (non-hydrogen) atoms. The Balaban J connectivity index is 2.30. The van der Waals surface area contributed by atoms with Crippen LogP contribution in [0.4, 0.5) is 11.4 Å². The Morgan fingerprint density at radius 1 is 1.11 bits per heavy atom. The molecule has 0 aliphatic carbocycles. The van der Waals surface area contributed by atoms with Gasteiger partial charge in [0.05, 0.1) is 11.4 Å². The Bertz CT molecular complexity index is 550. The lowest BCUT2D eigenvalue weighted by Crippen LogP contribution is -2.05. The van der Waals surface area contributed by atoms with Crippen molar-refractivity contribution in [2.45, 2.75) is 6.92 Å². The number of nitrogen functional groups attached to an aromatic ring is 1. The van der Waals surface area contributed by atoms with Crippen molar-refractivity contribution in [3.63, 3.8) is 0 Å². The highest BCUT2D eigenvalue weighted by Crippen LogP contribution is 2.21. The van der Waals surface area contributed by atoms with Crippen LogP contribution in [0.3, 0.4) is 0 Å². The number of hydrogen-bond donors (Lipinski definition) is 2. The van der Waals surface area contributed by atoms with Gasteiger partial charge in [-0.25, -0.2) is 0 Å². The predicted octanol–water partition coefficient (Wildman–Crippen LogP) is 2.93. The second-order valence-corrected chi connectivity index (χ2v) is 4.03. The molecule has 0 aromatic heterocycles. The number of carbonyl (C=O) groups is 1. The lowest BCUT2D eigenvalue weighted by Gasteiger charge is -2.08. The molecule has 0 bridgehead atoms. The molecular weight excluding hydrogens is 224 g/mol. The highest BCUT2D eigenvalue weighted by Gasteiger charge is 2.09. The predicted molar refractivity (Wildman–Crippen MR) is 74.9 cm³/mol. The number of rotatable bonds is 4. The number of anilines is 2. The monoisotopic (exact) mass is 240 g/mol. The van der Waals surface area contributed by atoms with Gasteiger partial charge in [-0.05, 0) is 25.1 Å². The Labute approximate surface area is 107 Å². The van der Waals surface area contributed by atoms with Crippen LogP contribution in [0.15, 0.2) is 48.5 Å². The van der Waals surface area contributed by atoms with Gasteiger partial charge in [0.1, 0.15) is 0 Å². The van der Waals surface area contributed by atoms with E-state index < -0.39 is 0 Å². The third-order valence-corrected chi connectivity index (χ3v) is 2.72. The third-order valence-electron chi connectivity index (χ3n) is 2.72. The molecule has 0 unspecified atom stereocenters. The number of nitrogens with two attached hydrogens (primary N) is 1. The molecule has 0 spiro atoms. The highest BCUT2D eigenvalue weighted by molar-refractivity contribution is 6.09. The van der Waals surface area contributed by atoms with E-state index in [1.807, 2.05) is 31.2 Å². The normalized spacial score (nSPS) is 10.1. The molecule has 0 saturated heterocycles. The van der Waals surface area contributed by atoms with Gasteiger partial charge >= 0.3 is 0 Å². The molecule has 3 heteroatoms. The SMILES string of the molecule is CCNc1ccc(C(=O)c2ccccc2)cc1N. The third kappa shape index (κ3) is 2.51. The summed E-state index contributed by atoms with van der Waals surface area (Å²) in [5, 5.41) is 3.15. The van der Waals surface area contributed by atoms with E-state index in [2.05, 4.69) is 5.32 Å². The number of ketones is 1. The number of carbonyl (C=O) groups excluding carboxylic acids is 1. The van der Waals surface area contributed by atoms with Gasteiger partial charge in [-0.1, -0.05) is 30.3 Å². The van der Waals surface area contributed by atoms with Crippen molar-refractivity contribution < 1.29 is 4.79 Å². The van der Waals surface area contributed by atoms with Crippen LogP contribution in [0.5, 0.6) is 0 Å². The fourth-order valence-electron chi connectivity index (χ4n) is 1.81. The average Bonchev–Trinajstić information content (AvgIpc) is 2.41. The maximum Gasteiger partial charge on any atom is 0.193 e. The maximum absolute atomic E-state index is 12.2. The number of hydrogen-bond acceptors (Lipinski definition) is 3. The first-order chi connectivity index (χ1) is 8.72. The maximum atomic E-state index is 12.2. The molecule has 0 radical (unpaired) electrons. The summed E-state index contributed by atoms with van der Waals surface area (Å²) in [7, 11) is 0. The second kappa shape index (κ2) is 5.36. The summed E-state index contributed by atoms with van der Waals surface area (Å²) < 4.78 is 0. The fraction of sp³-hybridized carbons (Fsp3) is 0.133. The Kier molecular flexibility index (Phi) is 3.63. The van der Waals surface area contributed by atoms with Gasteiger partial charge in [0.15, 0.2) is 5.78 Å². The highest BCUT2D eigenvalue weighted by atomic mass is 16.1. The van der Waals surface area contributed by atoms with E-state index in [1.165, 1.54) is 0 Å². The van der Waals surface area contributed by atoms with E-state index in [-0.39, 0.29) is 5.78 Å². The summed E-state index contributed by atoms with van der Waals surface area (Å²) in [6.07, 6.45) is 0. The van der Waals surface area contributed by atoms with Crippen LogP contribution in [0.25, 0.3) is 0 Å². The van der Waals surface area contributed by atoms with Crippen molar-refractivity contribution in [1.29, 1.82) is 0 Å². The average molecular weight is 240 g/mol. The van der Waals surface area contributed by atoms with Crippen molar-refractivity contribution >= 4 is 17.2 Å². The standard InChI is InChI=1S/C15H16N2O/c1-2-17-14-9-8-12(10-13(14)16)15(18)11-6-4-3-5-7-11/h3-10,17H,2,16H2,1H3. The molecule has 0 aliphatic rings. The minimum atomic E-state index is -0.00894. The first kappa shape index (κ1) is 12.2. The van der Waals surface area contributed by atoms with E-state index in [0.717, 1.165) is 12.2 Å². The quantitative estimate of drug-likeness (QED) is 0.638. The first-order valence-corrected chi connectivity index (χ1v) is 5.95. The summed E-state index contributed by atoms with van der Waals surface area (Å²) in [5.41, 5.74) is 8.65. The molecule has 2 rings (SSSR count). The minimum Gasteiger partial charge on any atom is -0.397 e. The zero-order valence-electron chi connectivity index (χ0n) is 10.3. The van der Waals surface area contributed by atoms with E-state index in [9.17, 15) is 4.79 Å². The molecule has 3 nitrogen and oxygen atoms in total. The van der Waals surface area contributed by atoms with E-state index in [1.54, 1.807) is 24.3 Å². The zero-order chi connectivity index (χ0) is 13.0. The summed E-state index contributed by atoms with van der Waals surface area (Å²) in [6, 6.07) is 14.5. The van der Waals surface area contributed by atoms with Gasteiger partial charge in [-0.15, -0.1) is 0 Å².